The molecule has 1 saturated heterocycles. The zero-order valence-electron chi connectivity index (χ0n) is 24.2. The monoisotopic (exact) mass is 618 g/mol. The van der Waals surface area contributed by atoms with Gasteiger partial charge in [0, 0.05) is 16.0 Å². The number of carbonyl (C=O) groups is 3. The Kier molecular flexibility index (Phi) is 7.04. The van der Waals surface area contributed by atoms with Gasteiger partial charge in [-0.2, -0.15) is 0 Å². The van der Waals surface area contributed by atoms with E-state index in [1.165, 1.54) is 16.9 Å². The van der Waals surface area contributed by atoms with E-state index in [9.17, 15) is 24.3 Å². The highest BCUT2D eigenvalue weighted by molar-refractivity contribution is 8.00. The molecule has 10 heteroatoms. The molecule has 7 unspecified atom stereocenters. The van der Waals surface area contributed by atoms with Crippen LogP contribution in [0.25, 0.3) is 0 Å². The molecule has 3 fully saturated rings. The van der Waals surface area contributed by atoms with E-state index in [0.717, 1.165) is 38.1 Å². The third kappa shape index (κ3) is 4.65. The number of aliphatic carboxylic acids is 1. The lowest BCUT2D eigenvalue weighted by Crippen LogP contribution is -2.47. The Morgan fingerprint density at radius 3 is 2.35 bits per heavy atom. The molecule has 3 heterocycles. The maximum absolute atomic E-state index is 13.9. The number of aromatic amines is 1. The minimum absolute atomic E-state index is 0.0260. The first-order chi connectivity index (χ1) is 20.6. The van der Waals surface area contributed by atoms with Crippen LogP contribution in [0.15, 0.2) is 58.4 Å². The lowest BCUT2D eigenvalue weighted by molar-refractivity contribution is -0.156. The minimum Gasteiger partial charge on any atom is -0.489 e. The number of aromatic nitrogens is 1. The standard InChI is InChI=1S/C33H34N2O6S2/c1-15(2)12-22(32(38)39)35-30(36)25-20-13-21(26(25)31(35)37)27-24(20)23(28-29(42-27)34-33(40)43-28)18-8-10-19(11-9-18)41-14-17-6-4-16(3)5-7-17/h4-11,15,20-27H,12-14H2,1-3H3,(H,34,40)(H,38,39)/t20?,21?,22?,23-,24?,25?,26?,27?/m1/s1. The summed E-state index contributed by atoms with van der Waals surface area (Å²) in [4.78, 5) is 57.4. The molecule has 2 aliphatic heterocycles. The average Bonchev–Trinajstić information content (AvgIpc) is 3.70. The van der Waals surface area contributed by atoms with Gasteiger partial charge in [-0.15, -0.1) is 11.8 Å². The molecule has 1 aromatic heterocycles. The van der Waals surface area contributed by atoms with Crippen molar-refractivity contribution in [1.29, 1.82) is 0 Å². The molecule has 8 atom stereocenters. The third-order valence-electron chi connectivity index (χ3n) is 9.81. The lowest BCUT2D eigenvalue weighted by Gasteiger charge is -2.43. The molecule has 2 bridgehead atoms. The smallest absolute Gasteiger partial charge is 0.326 e. The number of carboxylic acids is 1. The van der Waals surface area contributed by atoms with Gasteiger partial charge in [0.25, 0.3) is 0 Å². The highest BCUT2D eigenvalue weighted by Gasteiger charge is 2.70. The molecule has 8 nitrogen and oxygen atoms in total. The first-order valence-corrected chi connectivity index (χ1v) is 16.6. The van der Waals surface area contributed by atoms with Crippen LogP contribution in [0.1, 0.15) is 54.2 Å². The number of nitrogens with zero attached hydrogens (tertiary/aromatic N) is 1. The molecule has 0 radical (unpaired) electrons. The number of aryl methyl sites for hydroxylation is 1. The summed E-state index contributed by atoms with van der Waals surface area (Å²) in [6.07, 6.45) is 1.00. The molecule has 2 aromatic carbocycles. The fraction of sp³-hybridized carbons (Fsp3) is 0.455. The number of hydrogen-bond acceptors (Lipinski definition) is 7. The molecule has 224 valence electrons. The molecule has 3 aromatic rings. The second kappa shape index (κ2) is 10.7. The van der Waals surface area contributed by atoms with Gasteiger partial charge in [-0.05, 0) is 66.7 Å². The zero-order chi connectivity index (χ0) is 30.2. The second-order valence-corrected chi connectivity index (χ2v) is 15.0. The number of thioether (sulfide) groups is 1. The number of benzene rings is 2. The Labute approximate surface area is 257 Å². The first kappa shape index (κ1) is 28.4. The van der Waals surface area contributed by atoms with E-state index in [-0.39, 0.29) is 57.9 Å². The van der Waals surface area contributed by atoms with Gasteiger partial charge in [-0.3, -0.25) is 19.3 Å². The van der Waals surface area contributed by atoms with E-state index in [1.54, 1.807) is 11.8 Å². The zero-order valence-corrected chi connectivity index (χ0v) is 25.8. The number of fused-ring (bicyclic) bond motifs is 9. The van der Waals surface area contributed by atoms with Gasteiger partial charge in [0.05, 0.1) is 16.9 Å². The van der Waals surface area contributed by atoms with Crippen LogP contribution in [0.4, 0.5) is 0 Å². The number of imide groups is 1. The first-order valence-electron chi connectivity index (χ1n) is 14.9. The Bertz CT molecular complexity index is 1640. The summed E-state index contributed by atoms with van der Waals surface area (Å²) in [7, 11) is 0. The van der Waals surface area contributed by atoms with E-state index < -0.39 is 23.8 Å². The van der Waals surface area contributed by atoms with E-state index in [1.807, 2.05) is 26.0 Å². The summed E-state index contributed by atoms with van der Waals surface area (Å²) in [5, 5.41) is 10.9. The summed E-state index contributed by atoms with van der Waals surface area (Å²) >= 11 is 2.85. The van der Waals surface area contributed by atoms with Crippen molar-refractivity contribution in [3.63, 3.8) is 0 Å². The Hall–Kier alpha value is -3.37. The number of rotatable bonds is 8. The van der Waals surface area contributed by atoms with Crippen molar-refractivity contribution in [2.24, 2.45) is 35.5 Å². The normalized spacial score (nSPS) is 29.5. The Morgan fingerprint density at radius 2 is 1.70 bits per heavy atom. The summed E-state index contributed by atoms with van der Waals surface area (Å²) in [6.45, 7) is 6.32. The molecule has 0 spiro atoms. The van der Waals surface area contributed by atoms with Gasteiger partial charge in [-0.1, -0.05) is 67.1 Å². The maximum Gasteiger partial charge on any atom is 0.326 e. The number of hydrogen-bond donors (Lipinski definition) is 2. The Balaban J connectivity index is 1.19. The van der Waals surface area contributed by atoms with Gasteiger partial charge in [-0.25, -0.2) is 4.79 Å². The van der Waals surface area contributed by atoms with Crippen LogP contribution in [-0.2, 0) is 21.0 Å². The van der Waals surface area contributed by atoms with E-state index in [4.69, 9.17) is 4.74 Å². The number of amides is 2. The van der Waals surface area contributed by atoms with Crippen molar-refractivity contribution in [3.05, 3.63) is 79.8 Å². The highest BCUT2D eigenvalue weighted by Crippen LogP contribution is 2.68. The summed E-state index contributed by atoms with van der Waals surface area (Å²) in [6, 6.07) is 15.1. The molecule has 43 heavy (non-hydrogen) atoms. The number of H-pyrrole nitrogens is 1. The SMILES string of the molecule is Cc1ccc(COc2ccc([C@H]3c4sc(=O)[nH]c4SC4C5CC(C6C(=O)N(C(CC(C)C)C(=O)O)C(=O)C56)C43)cc2)cc1. The van der Waals surface area contributed by atoms with Crippen molar-refractivity contribution < 1.29 is 24.2 Å². The van der Waals surface area contributed by atoms with Crippen LogP contribution in [0.5, 0.6) is 5.75 Å². The van der Waals surface area contributed by atoms with Crippen molar-refractivity contribution in [1.82, 2.24) is 9.88 Å². The van der Waals surface area contributed by atoms with Crippen molar-refractivity contribution in [3.8, 4) is 5.75 Å². The van der Waals surface area contributed by atoms with Crippen LogP contribution in [-0.4, -0.2) is 44.1 Å². The lowest BCUT2D eigenvalue weighted by atomic mass is 9.68. The van der Waals surface area contributed by atoms with Gasteiger partial charge < -0.3 is 14.8 Å². The number of carboxylic acid groups (broad SMARTS) is 1. The van der Waals surface area contributed by atoms with Crippen LogP contribution >= 0.6 is 23.1 Å². The molecule has 2 saturated carbocycles. The summed E-state index contributed by atoms with van der Waals surface area (Å²) < 4.78 is 6.05. The largest absolute Gasteiger partial charge is 0.489 e. The van der Waals surface area contributed by atoms with Gasteiger partial charge in [0.1, 0.15) is 18.4 Å². The van der Waals surface area contributed by atoms with Crippen molar-refractivity contribution in [2.45, 2.75) is 62.5 Å². The molecule has 2 amide bonds. The number of nitrogens with one attached hydrogen (secondary N) is 1. The van der Waals surface area contributed by atoms with Crippen LogP contribution < -0.4 is 9.61 Å². The fourth-order valence-corrected chi connectivity index (χ4v) is 11.0. The van der Waals surface area contributed by atoms with Gasteiger partial charge >= 0.3 is 10.8 Å². The van der Waals surface area contributed by atoms with E-state index >= 15 is 0 Å². The van der Waals surface area contributed by atoms with Gasteiger partial charge in [0.2, 0.25) is 11.8 Å². The fourth-order valence-electron chi connectivity index (χ4n) is 8.11. The topological polar surface area (TPSA) is 117 Å². The maximum atomic E-state index is 13.9. The molecule has 7 rings (SSSR count). The second-order valence-electron chi connectivity index (χ2n) is 12.8. The van der Waals surface area contributed by atoms with Crippen LogP contribution in [0.2, 0.25) is 0 Å². The highest BCUT2D eigenvalue weighted by atomic mass is 32.2. The van der Waals surface area contributed by atoms with E-state index in [0.29, 0.717) is 6.61 Å². The van der Waals surface area contributed by atoms with Crippen LogP contribution in [0, 0.1) is 42.4 Å². The summed E-state index contributed by atoms with van der Waals surface area (Å²) in [5.74, 6) is -2.17. The molecule has 4 aliphatic rings. The Morgan fingerprint density at radius 1 is 1.02 bits per heavy atom. The molecule has 2 aliphatic carbocycles. The molecule has 2 N–H and O–H groups in total. The van der Waals surface area contributed by atoms with Crippen molar-refractivity contribution >= 4 is 40.9 Å². The quantitative estimate of drug-likeness (QED) is 0.329. The average molecular weight is 619 g/mol. The minimum atomic E-state index is -1.14. The van der Waals surface area contributed by atoms with Gasteiger partial charge in [0.15, 0.2) is 0 Å². The number of likely N-dealkylation sites (tertiary alicyclic amines) is 1. The summed E-state index contributed by atoms with van der Waals surface area (Å²) in [5.41, 5.74) is 3.34. The number of ether oxygens (including phenoxy) is 1. The molecular formula is C33H34N2O6S2. The van der Waals surface area contributed by atoms with E-state index in [2.05, 4.69) is 48.3 Å². The predicted molar refractivity (Wildman–Crippen MR) is 163 cm³/mol. The van der Waals surface area contributed by atoms with Crippen molar-refractivity contribution in [2.75, 3.05) is 0 Å². The predicted octanol–water partition coefficient (Wildman–Crippen LogP) is 5.30. The van der Waals surface area contributed by atoms with Crippen LogP contribution in [0.3, 0.4) is 0 Å². The molecular weight excluding hydrogens is 585 g/mol. The number of thiazole rings is 1. The third-order valence-corrected chi connectivity index (χ3v) is 12.4. The number of carbonyl (C=O) groups excluding carboxylic acids is 2.